The Bertz CT molecular complexity index is 331. The van der Waals surface area contributed by atoms with Crippen molar-refractivity contribution >= 4 is 17.6 Å². The zero-order chi connectivity index (χ0) is 9.68. The van der Waals surface area contributed by atoms with Crippen LogP contribution in [-0.4, -0.2) is 17.7 Å². The molecule has 0 fully saturated rings. The number of halogens is 1. The van der Waals surface area contributed by atoms with E-state index in [-0.39, 0.29) is 6.61 Å². The molecule has 0 aromatic carbocycles. The van der Waals surface area contributed by atoms with Gasteiger partial charge in [0.1, 0.15) is 5.76 Å². The highest BCUT2D eigenvalue weighted by molar-refractivity contribution is 6.30. The Morgan fingerprint density at radius 1 is 1.77 bits per heavy atom. The van der Waals surface area contributed by atoms with Gasteiger partial charge < -0.3 is 9.84 Å². The second kappa shape index (κ2) is 4.58. The number of rotatable bonds is 3. The van der Waals surface area contributed by atoms with Gasteiger partial charge in [0.05, 0.1) is 0 Å². The molecule has 0 saturated heterocycles. The molecule has 1 rings (SSSR count). The quantitative estimate of drug-likeness (QED) is 0.700. The number of hydrogen-bond acceptors (Lipinski definition) is 2. The molecule has 0 aliphatic heterocycles. The van der Waals surface area contributed by atoms with Gasteiger partial charge in [0.2, 0.25) is 0 Å². The van der Waals surface area contributed by atoms with Gasteiger partial charge in [0.15, 0.2) is 6.61 Å². The number of ether oxygens (including phenoxy) is 1. The van der Waals surface area contributed by atoms with Crippen LogP contribution < -0.4 is 0 Å². The Morgan fingerprint density at radius 2 is 2.54 bits per heavy atom. The fourth-order valence-corrected chi connectivity index (χ4v) is 0.907. The standard InChI is InChI=1S/C9H7ClO3/c10-7-3-1-2-4-8(5-7)13-6-9(11)12/h4-5H,3,6H2,(H,11,12). The van der Waals surface area contributed by atoms with Gasteiger partial charge in [0, 0.05) is 17.5 Å². The minimum Gasteiger partial charge on any atom is -0.481 e. The molecule has 0 aromatic heterocycles. The molecule has 0 atom stereocenters. The first-order valence-corrected chi connectivity index (χ1v) is 3.95. The van der Waals surface area contributed by atoms with E-state index in [0.29, 0.717) is 17.2 Å². The van der Waals surface area contributed by atoms with Crippen LogP contribution in [0.1, 0.15) is 6.42 Å². The molecule has 1 aliphatic rings. The maximum atomic E-state index is 10.2. The molecule has 3 nitrogen and oxygen atoms in total. The van der Waals surface area contributed by atoms with Crippen molar-refractivity contribution in [3.63, 3.8) is 0 Å². The summed E-state index contributed by atoms with van der Waals surface area (Å²) in [6.45, 7) is -0.381. The molecule has 0 spiro atoms. The number of hydrogen-bond donors (Lipinski definition) is 1. The maximum Gasteiger partial charge on any atom is 0.341 e. The number of aliphatic carboxylic acids is 1. The third-order valence-electron chi connectivity index (χ3n) is 1.23. The van der Waals surface area contributed by atoms with Crippen molar-refractivity contribution in [1.82, 2.24) is 0 Å². The monoisotopic (exact) mass is 198 g/mol. The van der Waals surface area contributed by atoms with E-state index in [0.717, 1.165) is 0 Å². The number of carboxylic acid groups (broad SMARTS) is 1. The first-order chi connectivity index (χ1) is 6.18. The van der Waals surface area contributed by atoms with Crippen LogP contribution >= 0.6 is 11.6 Å². The number of allylic oxidation sites excluding steroid dienone is 3. The summed E-state index contributed by atoms with van der Waals surface area (Å²) in [5.41, 5.74) is 0. The Morgan fingerprint density at radius 3 is 3.23 bits per heavy atom. The molecule has 1 N–H and O–H groups in total. The third kappa shape index (κ3) is 3.68. The third-order valence-corrected chi connectivity index (χ3v) is 1.48. The lowest BCUT2D eigenvalue weighted by atomic mass is 10.4. The lowest BCUT2D eigenvalue weighted by molar-refractivity contribution is -0.140. The Hall–Kier alpha value is -1.40. The minimum atomic E-state index is -1.03. The van der Waals surface area contributed by atoms with Gasteiger partial charge in [-0.2, -0.15) is 0 Å². The van der Waals surface area contributed by atoms with Gasteiger partial charge in [-0.15, -0.1) is 0 Å². The van der Waals surface area contributed by atoms with Gasteiger partial charge >= 0.3 is 5.97 Å². The largest absolute Gasteiger partial charge is 0.481 e. The average Bonchev–Trinajstić information content (AvgIpc) is 2.26. The van der Waals surface area contributed by atoms with Gasteiger partial charge in [-0.1, -0.05) is 23.4 Å². The smallest absolute Gasteiger partial charge is 0.341 e. The molecule has 0 heterocycles. The van der Waals surface area contributed by atoms with Crippen LogP contribution in [-0.2, 0) is 9.53 Å². The molecule has 13 heavy (non-hydrogen) atoms. The highest BCUT2D eigenvalue weighted by Gasteiger charge is 2.02. The summed E-state index contributed by atoms with van der Waals surface area (Å²) in [6.07, 6.45) is 3.52. The Balaban J connectivity index is 2.59. The van der Waals surface area contributed by atoms with E-state index >= 15 is 0 Å². The van der Waals surface area contributed by atoms with Gasteiger partial charge in [0.25, 0.3) is 0 Å². The minimum absolute atomic E-state index is 0.381. The van der Waals surface area contributed by atoms with Crippen molar-refractivity contribution in [3.05, 3.63) is 22.9 Å². The van der Waals surface area contributed by atoms with Crippen molar-refractivity contribution in [2.45, 2.75) is 6.42 Å². The first kappa shape index (κ1) is 9.69. The highest BCUT2D eigenvalue weighted by Crippen LogP contribution is 2.13. The topological polar surface area (TPSA) is 46.5 Å². The molecule has 0 amide bonds. The van der Waals surface area contributed by atoms with Crippen LogP contribution in [0.2, 0.25) is 0 Å². The highest BCUT2D eigenvalue weighted by atomic mass is 35.5. The maximum absolute atomic E-state index is 10.2. The molecule has 0 unspecified atom stereocenters. The zero-order valence-corrected chi connectivity index (χ0v) is 7.47. The normalized spacial score (nSPS) is 14.5. The second-order valence-corrected chi connectivity index (χ2v) is 2.80. The summed E-state index contributed by atoms with van der Waals surface area (Å²) in [5, 5.41) is 8.88. The lowest BCUT2D eigenvalue weighted by Crippen LogP contribution is -2.05. The molecule has 0 bridgehead atoms. The predicted octanol–water partition coefficient (Wildman–Crippen LogP) is 1.50. The molecule has 0 aromatic rings. The van der Waals surface area contributed by atoms with E-state index in [4.69, 9.17) is 21.4 Å². The second-order valence-electron chi connectivity index (χ2n) is 2.32. The zero-order valence-electron chi connectivity index (χ0n) is 6.71. The van der Waals surface area contributed by atoms with Crippen LogP contribution in [0.5, 0.6) is 0 Å². The first-order valence-electron chi connectivity index (χ1n) is 3.57. The van der Waals surface area contributed by atoms with Crippen LogP contribution in [0.4, 0.5) is 0 Å². The van der Waals surface area contributed by atoms with Crippen LogP contribution in [0, 0.1) is 11.8 Å². The Labute approximate surface area is 80.6 Å². The number of carbonyl (C=O) groups is 1. The fourth-order valence-electron chi connectivity index (χ4n) is 0.733. The van der Waals surface area contributed by atoms with Crippen LogP contribution in [0.3, 0.4) is 0 Å². The van der Waals surface area contributed by atoms with Crippen molar-refractivity contribution < 1.29 is 14.6 Å². The Kier molecular flexibility index (Phi) is 3.41. The van der Waals surface area contributed by atoms with Gasteiger partial charge in [-0.25, -0.2) is 4.79 Å². The molecular weight excluding hydrogens is 192 g/mol. The predicted molar refractivity (Wildman–Crippen MR) is 48.0 cm³/mol. The van der Waals surface area contributed by atoms with E-state index in [1.807, 2.05) is 0 Å². The summed E-state index contributed by atoms with van der Waals surface area (Å²) < 4.78 is 4.89. The van der Waals surface area contributed by atoms with Gasteiger partial charge in [-0.05, 0) is 6.08 Å². The van der Waals surface area contributed by atoms with Gasteiger partial charge in [-0.3, -0.25) is 0 Å². The van der Waals surface area contributed by atoms with Crippen molar-refractivity contribution in [2.75, 3.05) is 6.61 Å². The average molecular weight is 199 g/mol. The van der Waals surface area contributed by atoms with E-state index in [1.165, 1.54) is 6.08 Å². The number of carboxylic acids is 1. The van der Waals surface area contributed by atoms with Crippen LogP contribution in [0.25, 0.3) is 0 Å². The van der Waals surface area contributed by atoms with E-state index in [9.17, 15) is 4.79 Å². The molecule has 68 valence electrons. The van der Waals surface area contributed by atoms with Crippen molar-refractivity contribution in [3.8, 4) is 11.8 Å². The van der Waals surface area contributed by atoms with Crippen molar-refractivity contribution in [1.29, 1.82) is 0 Å². The van der Waals surface area contributed by atoms with E-state index < -0.39 is 5.97 Å². The summed E-state index contributed by atoms with van der Waals surface area (Å²) >= 11 is 5.72. The summed E-state index contributed by atoms with van der Waals surface area (Å²) in [7, 11) is 0. The molecular formula is C9H7ClO3. The lowest BCUT2D eigenvalue weighted by Gasteiger charge is -2.01. The summed E-state index contributed by atoms with van der Waals surface area (Å²) in [4.78, 5) is 10.2. The summed E-state index contributed by atoms with van der Waals surface area (Å²) in [5.74, 6) is 4.81. The molecule has 0 radical (unpaired) electrons. The molecule has 4 heteroatoms. The van der Waals surface area contributed by atoms with E-state index in [1.54, 1.807) is 6.08 Å². The van der Waals surface area contributed by atoms with Crippen molar-refractivity contribution in [2.24, 2.45) is 0 Å². The SMILES string of the molecule is O=C(O)COC1=CC#CCC(Cl)=C1. The molecule has 0 saturated carbocycles. The fraction of sp³-hybridized carbons (Fsp3) is 0.222. The van der Waals surface area contributed by atoms with Crippen LogP contribution in [0.15, 0.2) is 22.9 Å². The van der Waals surface area contributed by atoms with E-state index in [2.05, 4.69) is 11.8 Å². The summed E-state index contributed by atoms with van der Waals surface area (Å²) in [6, 6.07) is 0. The molecule has 1 aliphatic carbocycles.